The van der Waals surface area contributed by atoms with Crippen LogP contribution in [-0.4, -0.2) is 22.6 Å². The van der Waals surface area contributed by atoms with E-state index >= 15 is 0 Å². The molecule has 1 aromatic carbocycles. The van der Waals surface area contributed by atoms with Crippen LogP contribution in [0.1, 0.15) is 17.3 Å². The van der Waals surface area contributed by atoms with E-state index in [0.29, 0.717) is 13.0 Å². The highest BCUT2D eigenvalue weighted by Crippen LogP contribution is 2.12. The van der Waals surface area contributed by atoms with Gasteiger partial charge >= 0.3 is 5.97 Å². The summed E-state index contributed by atoms with van der Waals surface area (Å²) in [6.45, 7) is 0.572. The maximum Gasteiger partial charge on any atom is 0.325 e. The summed E-state index contributed by atoms with van der Waals surface area (Å²) in [7, 11) is 0. The molecule has 1 aromatic heterocycles. The van der Waals surface area contributed by atoms with Crippen molar-refractivity contribution >= 4 is 5.97 Å². The van der Waals surface area contributed by atoms with Crippen molar-refractivity contribution in [3.05, 3.63) is 66.0 Å². The molecule has 4 heteroatoms. The van der Waals surface area contributed by atoms with E-state index in [1.807, 2.05) is 48.5 Å². The summed E-state index contributed by atoms with van der Waals surface area (Å²) in [5.41, 5.74) is 1.71. The second-order valence-electron chi connectivity index (χ2n) is 4.21. The number of aromatic nitrogens is 1. The number of carbonyl (C=O) groups is 1. The van der Waals surface area contributed by atoms with E-state index in [1.54, 1.807) is 6.20 Å². The van der Waals surface area contributed by atoms with Crippen molar-refractivity contribution in [3.63, 3.8) is 0 Å². The van der Waals surface area contributed by atoms with Crippen LogP contribution in [0.2, 0.25) is 0 Å². The lowest BCUT2D eigenvalue weighted by Crippen LogP contribution is -2.30. The average Bonchev–Trinajstić information content (AvgIpc) is 2.45. The molecule has 98 valence electrons. The predicted molar refractivity (Wildman–Crippen MR) is 72.8 cm³/mol. The van der Waals surface area contributed by atoms with Gasteiger partial charge in [-0.05, 0) is 17.7 Å². The Kier molecular flexibility index (Phi) is 4.64. The van der Waals surface area contributed by atoms with Gasteiger partial charge in [0.2, 0.25) is 0 Å². The van der Waals surface area contributed by atoms with E-state index in [9.17, 15) is 9.90 Å². The SMILES string of the molecule is O=C(O)C(NCCc1ccccn1)c1ccccc1. The molecule has 2 aromatic rings. The van der Waals surface area contributed by atoms with Crippen molar-refractivity contribution in [2.24, 2.45) is 0 Å². The van der Waals surface area contributed by atoms with Gasteiger partial charge in [-0.25, -0.2) is 0 Å². The molecular formula is C15H16N2O2. The Labute approximate surface area is 112 Å². The average molecular weight is 256 g/mol. The van der Waals surface area contributed by atoms with E-state index in [4.69, 9.17) is 0 Å². The molecule has 1 unspecified atom stereocenters. The van der Waals surface area contributed by atoms with Gasteiger partial charge in [-0.3, -0.25) is 9.78 Å². The van der Waals surface area contributed by atoms with Crippen LogP contribution in [0.5, 0.6) is 0 Å². The lowest BCUT2D eigenvalue weighted by Gasteiger charge is -2.14. The second-order valence-corrected chi connectivity index (χ2v) is 4.21. The number of nitrogens with one attached hydrogen (secondary N) is 1. The van der Waals surface area contributed by atoms with Crippen LogP contribution in [0.25, 0.3) is 0 Å². The summed E-state index contributed by atoms with van der Waals surface area (Å²) in [4.78, 5) is 15.5. The zero-order valence-electron chi connectivity index (χ0n) is 10.5. The fourth-order valence-corrected chi connectivity index (χ4v) is 1.88. The molecule has 0 aliphatic heterocycles. The van der Waals surface area contributed by atoms with Crippen molar-refractivity contribution < 1.29 is 9.90 Å². The second kappa shape index (κ2) is 6.66. The van der Waals surface area contributed by atoms with E-state index in [0.717, 1.165) is 11.3 Å². The van der Waals surface area contributed by atoms with Crippen LogP contribution >= 0.6 is 0 Å². The molecule has 0 aliphatic carbocycles. The van der Waals surface area contributed by atoms with Gasteiger partial charge in [-0.15, -0.1) is 0 Å². The van der Waals surface area contributed by atoms with E-state index in [2.05, 4.69) is 10.3 Å². The summed E-state index contributed by atoms with van der Waals surface area (Å²) < 4.78 is 0. The van der Waals surface area contributed by atoms with Crippen LogP contribution in [0.3, 0.4) is 0 Å². The number of carboxylic acids is 1. The first-order valence-electron chi connectivity index (χ1n) is 6.18. The van der Waals surface area contributed by atoms with Crippen LogP contribution in [0, 0.1) is 0 Å². The Morgan fingerprint density at radius 2 is 1.89 bits per heavy atom. The molecule has 1 atom stereocenters. The predicted octanol–water partition coefficient (Wildman–Crippen LogP) is 2.04. The minimum absolute atomic E-state index is 0.572. The fraction of sp³-hybridized carbons (Fsp3) is 0.200. The van der Waals surface area contributed by atoms with Crippen molar-refractivity contribution in [1.82, 2.24) is 10.3 Å². The van der Waals surface area contributed by atoms with Crippen LogP contribution < -0.4 is 5.32 Å². The van der Waals surface area contributed by atoms with E-state index < -0.39 is 12.0 Å². The van der Waals surface area contributed by atoms with Crippen LogP contribution in [-0.2, 0) is 11.2 Å². The van der Waals surface area contributed by atoms with Gasteiger partial charge in [-0.2, -0.15) is 0 Å². The molecule has 4 nitrogen and oxygen atoms in total. The minimum Gasteiger partial charge on any atom is -0.480 e. The molecule has 2 rings (SSSR count). The zero-order valence-corrected chi connectivity index (χ0v) is 10.5. The number of nitrogens with zero attached hydrogens (tertiary/aromatic N) is 1. The van der Waals surface area contributed by atoms with Gasteiger partial charge in [0.15, 0.2) is 0 Å². The largest absolute Gasteiger partial charge is 0.480 e. The first-order chi connectivity index (χ1) is 9.27. The molecule has 0 bridgehead atoms. The smallest absolute Gasteiger partial charge is 0.325 e. The fourth-order valence-electron chi connectivity index (χ4n) is 1.88. The highest BCUT2D eigenvalue weighted by Gasteiger charge is 2.18. The maximum absolute atomic E-state index is 11.3. The summed E-state index contributed by atoms with van der Waals surface area (Å²) in [5.74, 6) is -0.868. The molecule has 0 fully saturated rings. The van der Waals surface area contributed by atoms with Gasteiger partial charge in [0.1, 0.15) is 6.04 Å². The Hall–Kier alpha value is -2.20. The lowest BCUT2D eigenvalue weighted by molar-refractivity contribution is -0.139. The molecule has 19 heavy (non-hydrogen) atoms. The molecule has 0 aliphatic rings. The lowest BCUT2D eigenvalue weighted by atomic mass is 10.1. The van der Waals surface area contributed by atoms with E-state index in [-0.39, 0.29) is 0 Å². The molecule has 2 N–H and O–H groups in total. The van der Waals surface area contributed by atoms with Crippen molar-refractivity contribution in [3.8, 4) is 0 Å². The van der Waals surface area contributed by atoms with Gasteiger partial charge in [-0.1, -0.05) is 36.4 Å². The highest BCUT2D eigenvalue weighted by molar-refractivity contribution is 5.75. The van der Waals surface area contributed by atoms with E-state index in [1.165, 1.54) is 0 Å². The van der Waals surface area contributed by atoms with Crippen molar-refractivity contribution in [1.29, 1.82) is 0 Å². The molecule has 0 saturated carbocycles. The summed E-state index contributed by atoms with van der Waals surface area (Å²) in [5, 5.41) is 12.3. The normalized spacial score (nSPS) is 12.0. The Balaban J connectivity index is 1.94. The number of carboxylic acid groups (broad SMARTS) is 1. The summed E-state index contributed by atoms with van der Waals surface area (Å²) in [6, 6.07) is 14.2. The van der Waals surface area contributed by atoms with Gasteiger partial charge in [0.05, 0.1) is 0 Å². The molecule has 0 amide bonds. The highest BCUT2D eigenvalue weighted by atomic mass is 16.4. The molecular weight excluding hydrogens is 240 g/mol. The Morgan fingerprint density at radius 1 is 1.16 bits per heavy atom. The third kappa shape index (κ3) is 3.89. The number of hydrogen-bond donors (Lipinski definition) is 2. The molecule has 1 heterocycles. The van der Waals surface area contributed by atoms with Gasteiger partial charge < -0.3 is 10.4 Å². The minimum atomic E-state index is -0.868. The molecule has 0 spiro atoms. The monoisotopic (exact) mass is 256 g/mol. The third-order valence-electron chi connectivity index (χ3n) is 2.84. The van der Waals surface area contributed by atoms with Crippen molar-refractivity contribution in [2.45, 2.75) is 12.5 Å². The Morgan fingerprint density at radius 3 is 2.53 bits per heavy atom. The van der Waals surface area contributed by atoms with Crippen LogP contribution in [0.15, 0.2) is 54.7 Å². The maximum atomic E-state index is 11.3. The number of aliphatic carboxylic acids is 1. The van der Waals surface area contributed by atoms with Crippen molar-refractivity contribution in [2.75, 3.05) is 6.54 Å². The number of benzene rings is 1. The van der Waals surface area contributed by atoms with Gasteiger partial charge in [0, 0.05) is 24.9 Å². The summed E-state index contributed by atoms with van der Waals surface area (Å²) >= 11 is 0. The molecule has 0 saturated heterocycles. The Bertz CT molecular complexity index is 514. The molecule has 0 radical (unpaired) electrons. The van der Waals surface area contributed by atoms with Gasteiger partial charge in [0.25, 0.3) is 0 Å². The standard InChI is InChI=1S/C15H16N2O2/c18-15(19)14(12-6-2-1-3-7-12)17-11-9-13-8-4-5-10-16-13/h1-8,10,14,17H,9,11H2,(H,18,19). The first kappa shape index (κ1) is 13.2. The van der Waals surface area contributed by atoms with Crippen LogP contribution in [0.4, 0.5) is 0 Å². The number of rotatable bonds is 6. The quantitative estimate of drug-likeness (QED) is 0.830. The third-order valence-corrected chi connectivity index (χ3v) is 2.84. The first-order valence-corrected chi connectivity index (χ1v) is 6.18. The number of pyridine rings is 1. The topological polar surface area (TPSA) is 62.2 Å². The summed E-state index contributed by atoms with van der Waals surface area (Å²) in [6.07, 6.45) is 2.44. The number of hydrogen-bond acceptors (Lipinski definition) is 3. The zero-order chi connectivity index (χ0) is 13.5.